The van der Waals surface area contributed by atoms with E-state index in [2.05, 4.69) is 18.3 Å². The van der Waals surface area contributed by atoms with Crippen molar-refractivity contribution in [3.63, 3.8) is 0 Å². The van der Waals surface area contributed by atoms with Crippen LogP contribution in [0.2, 0.25) is 0 Å². The first-order valence-electron chi connectivity index (χ1n) is 6.59. The van der Waals surface area contributed by atoms with E-state index in [4.69, 9.17) is 4.42 Å². The first-order chi connectivity index (χ1) is 7.83. The fourth-order valence-electron chi connectivity index (χ4n) is 3.59. The maximum Gasteiger partial charge on any atom is 0.120 e. The molecule has 1 heterocycles. The number of fused-ring (bicyclic) bond motifs is 2. The van der Waals surface area contributed by atoms with Gasteiger partial charge in [0.15, 0.2) is 0 Å². The highest BCUT2D eigenvalue weighted by Crippen LogP contribution is 2.48. The van der Waals surface area contributed by atoms with Crippen LogP contribution in [0.15, 0.2) is 22.8 Å². The van der Waals surface area contributed by atoms with Gasteiger partial charge in [0.2, 0.25) is 0 Å². The molecule has 0 radical (unpaired) electrons. The Morgan fingerprint density at radius 3 is 3.00 bits per heavy atom. The van der Waals surface area contributed by atoms with Crippen LogP contribution < -0.4 is 5.32 Å². The second-order valence-electron chi connectivity index (χ2n) is 5.58. The fourth-order valence-corrected chi connectivity index (χ4v) is 3.59. The van der Waals surface area contributed by atoms with Crippen molar-refractivity contribution >= 4 is 0 Å². The van der Waals surface area contributed by atoms with Crippen molar-refractivity contribution in [1.29, 1.82) is 0 Å². The molecule has 2 bridgehead atoms. The zero-order valence-electron chi connectivity index (χ0n) is 9.99. The third kappa shape index (κ3) is 1.91. The maximum atomic E-state index is 5.41. The third-order valence-corrected chi connectivity index (χ3v) is 4.54. The molecule has 2 fully saturated rings. The van der Waals surface area contributed by atoms with E-state index in [1.807, 2.05) is 6.07 Å². The van der Waals surface area contributed by atoms with Crippen LogP contribution in [0.25, 0.3) is 0 Å². The number of rotatable bonds is 4. The Balaban J connectivity index is 1.50. The lowest BCUT2D eigenvalue weighted by atomic mass is 9.88. The smallest absolute Gasteiger partial charge is 0.120 e. The highest BCUT2D eigenvalue weighted by molar-refractivity contribution is 5.03. The lowest BCUT2D eigenvalue weighted by Gasteiger charge is -2.23. The van der Waals surface area contributed by atoms with Gasteiger partial charge in [0, 0.05) is 0 Å². The Labute approximate surface area is 97.4 Å². The first kappa shape index (κ1) is 10.4. The van der Waals surface area contributed by atoms with Crippen LogP contribution in [0.1, 0.15) is 44.4 Å². The summed E-state index contributed by atoms with van der Waals surface area (Å²) in [6.07, 6.45) is 7.69. The van der Waals surface area contributed by atoms with Crippen LogP contribution >= 0.6 is 0 Å². The van der Waals surface area contributed by atoms with Gasteiger partial charge in [-0.2, -0.15) is 0 Å². The predicted molar refractivity (Wildman–Crippen MR) is 64.1 cm³/mol. The van der Waals surface area contributed by atoms with Gasteiger partial charge in [-0.25, -0.2) is 0 Å². The average molecular weight is 219 g/mol. The monoisotopic (exact) mass is 219 g/mol. The zero-order valence-corrected chi connectivity index (χ0v) is 9.99. The van der Waals surface area contributed by atoms with E-state index < -0.39 is 0 Å². The van der Waals surface area contributed by atoms with Gasteiger partial charge in [0.25, 0.3) is 0 Å². The molecule has 1 N–H and O–H groups in total. The van der Waals surface area contributed by atoms with E-state index in [0.717, 1.165) is 23.5 Å². The SMILES string of the molecule is C[C@@H](NCC1CC2CCC1C2)c1ccco1. The standard InChI is InChI=1S/C14H21NO/c1-10(14-3-2-6-16-14)15-9-13-8-11-4-5-12(13)7-11/h2-3,6,10-13,15H,4-5,7-9H2,1H3/t10-,11?,12?,13?/m1/s1. The largest absolute Gasteiger partial charge is 0.468 e. The summed E-state index contributed by atoms with van der Waals surface area (Å²) in [7, 11) is 0. The Kier molecular flexibility index (Phi) is 2.76. The molecule has 2 heteroatoms. The molecular weight excluding hydrogens is 198 g/mol. The van der Waals surface area contributed by atoms with Crippen molar-refractivity contribution < 1.29 is 4.42 Å². The molecule has 88 valence electrons. The molecule has 4 atom stereocenters. The zero-order chi connectivity index (χ0) is 11.0. The molecule has 3 rings (SSSR count). The van der Waals surface area contributed by atoms with Gasteiger partial charge < -0.3 is 9.73 Å². The topological polar surface area (TPSA) is 25.2 Å². The Bertz CT molecular complexity index is 333. The highest BCUT2D eigenvalue weighted by Gasteiger charge is 2.39. The number of hydrogen-bond donors (Lipinski definition) is 1. The number of hydrogen-bond acceptors (Lipinski definition) is 2. The minimum absolute atomic E-state index is 0.356. The summed E-state index contributed by atoms with van der Waals surface area (Å²) in [6.45, 7) is 3.36. The van der Waals surface area contributed by atoms with Gasteiger partial charge in [0.1, 0.15) is 5.76 Å². The van der Waals surface area contributed by atoms with Gasteiger partial charge >= 0.3 is 0 Å². The van der Waals surface area contributed by atoms with Crippen molar-refractivity contribution in [3.8, 4) is 0 Å². The van der Waals surface area contributed by atoms with Gasteiger partial charge in [-0.15, -0.1) is 0 Å². The van der Waals surface area contributed by atoms with Gasteiger partial charge in [-0.05, 0) is 62.6 Å². The van der Waals surface area contributed by atoms with Gasteiger partial charge in [0.05, 0.1) is 12.3 Å². The van der Waals surface area contributed by atoms with Crippen LogP contribution in [0.4, 0.5) is 0 Å². The summed E-state index contributed by atoms with van der Waals surface area (Å²) in [4.78, 5) is 0. The summed E-state index contributed by atoms with van der Waals surface area (Å²) in [5.41, 5.74) is 0. The van der Waals surface area contributed by atoms with Crippen molar-refractivity contribution in [2.45, 2.75) is 38.6 Å². The highest BCUT2D eigenvalue weighted by atomic mass is 16.3. The molecule has 1 aromatic heterocycles. The van der Waals surface area contributed by atoms with Crippen LogP contribution in [0.5, 0.6) is 0 Å². The van der Waals surface area contributed by atoms with E-state index in [-0.39, 0.29) is 0 Å². The second kappa shape index (κ2) is 4.25. The van der Waals surface area contributed by atoms with E-state index in [9.17, 15) is 0 Å². The fraction of sp³-hybridized carbons (Fsp3) is 0.714. The van der Waals surface area contributed by atoms with E-state index in [1.165, 1.54) is 32.2 Å². The lowest BCUT2D eigenvalue weighted by molar-refractivity contribution is 0.301. The number of nitrogens with one attached hydrogen (secondary N) is 1. The molecule has 2 saturated carbocycles. The second-order valence-corrected chi connectivity index (χ2v) is 5.58. The molecule has 3 unspecified atom stereocenters. The molecule has 0 saturated heterocycles. The van der Waals surface area contributed by atoms with Gasteiger partial charge in [-0.1, -0.05) is 6.42 Å². The molecule has 0 aromatic carbocycles. The number of furan rings is 1. The summed E-state index contributed by atoms with van der Waals surface area (Å²) in [5, 5.41) is 3.62. The molecule has 2 aliphatic rings. The predicted octanol–water partition coefficient (Wildman–Crippen LogP) is 3.37. The van der Waals surface area contributed by atoms with E-state index in [1.54, 1.807) is 6.26 Å². The summed E-state index contributed by atoms with van der Waals surface area (Å²) >= 11 is 0. The normalized spacial score (nSPS) is 34.4. The molecule has 0 amide bonds. The van der Waals surface area contributed by atoms with Crippen LogP contribution in [0.3, 0.4) is 0 Å². The third-order valence-electron chi connectivity index (χ3n) is 4.54. The lowest BCUT2D eigenvalue weighted by Crippen LogP contribution is -2.28. The average Bonchev–Trinajstić information content (AvgIpc) is 3.01. The summed E-state index contributed by atoms with van der Waals surface area (Å²) in [5.74, 6) is 4.05. The molecule has 1 aromatic rings. The summed E-state index contributed by atoms with van der Waals surface area (Å²) < 4.78 is 5.41. The van der Waals surface area contributed by atoms with Crippen LogP contribution in [-0.4, -0.2) is 6.54 Å². The van der Waals surface area contributed by atoms with Crippen LogP contribution in [-0.2, 0) is 0 Å². The molecular formula is C14H21NO. The molecule has 0 spiro atoms. The molecule has 2 aliphatic carbocycles. The van der Waals surface area contributed by atoms with E-state index in [0.29, 0.717) is 6.04 Å². The molecule has 0 aliphatic heterocycles. The van der Waals surface area contributed by atoms with Crippen molar-refractivity contribution in [2.75, 3.05) is 6.54 Å². The Morgan fingerprint density at radius 2 is 2.38 bits per heavy atom. The van der Waals surface area contributed by atoms with Crippen LogP contribution in [0, 0.1) is 17.8 Å². The maximum absolute atomic E-state index is 5.41. The minimum Gasteiger partial charge on any atom is -0.468 e. The van der Waals surface area contributed by atoms with Crippen molar-refractivity contribution in [2.24, 2.45) is 17.8 Å². The first-order valence-corrected chi connectivity index (χ1v) is 6.59. The molecule has 16 heavy (non-hydrogen) atoms. The van der Waals surface area contributed by atoms with Crippen molar-refractivity contribution in [1.82, 2.24) is 5.32 Å². The molecule has 2 nitrogen and oxygen atoms in total. The Morgan fingerprint density at radius 1 is 1.44 bits per heavy atom. The quantitative estimate of drug-likeness (QED) is 0.840. The minimum atomic E-state index is 0.356. The van der Waals surface area contributed by atoms with Gasteiger partial charge in [-0.3, -0.25) is 0 Å². The van der Waals surface area contributed by atoms with Crippen molar-refractivity contribution in [3.05, 3.63) is 24.2 Å². The summed E-state index contributed by atoms with van der Waals surface area (Å²) in [6, 6.07) is 4.37. The van der Waals surface area contributed by atoms with E-state index >= 15 is 0 Å². The Hall–Kier alpha value is -0.760.